The van der Waals surface area contributed by atoms with Crippen LogP contribution in [0.15, 0.2) is 48.7 Å². The quantitative estimate of drug-likeness (QED) is 0.331. The third kappa shape index (κ3) is 8.40. The summed E-state index contributed by atoms with van der Waals surface area (Å²) in [6.07, 6.45) is -1.00. The van der Waals surface area contributed by atoms with E-state index < -0.39 is 12.5 Å². The van der Waals surface area contributed by atoms with Gasteiger partial charge >= 0.3 is 6.18 Å². The normalized spacial score (nSPS) is 16.2. The minimum absolute atomic E-state index is 0.0132. The monoisotopic (exact) mass is 588 g/mol. The van der Waals surface area contributed by atoms with Crippen LogP contribution in [0.3, 0.4) is 0 Å². The molecule has 1 fully saturated rings. The van der Waals surface area contributed by atoms with Crippen LogP contribution in [0.2, 0.25) is 5.02 Å². The van der Waals surface area contributed by atoms with Gasteiger partial charge in [0.2, 0.25) is 24.0 Å². The van der Waals surface area contributed by atoms with E-state index in [2.05, 4.69) is 38.1 Å². The molecule has 1 saturated heterocycles. The number of aromatic nitrogens is 2. The van der Waals surface area contributed by atoms with E-state index in [-0.39, 0.29) is 17.7 Å². The largest absolute Gasteiger partial charge is 0.446 e. The van der Waals surface area contributed by atoms with Gasteiger partial charge in [-0.3, -0.25) is 14.4 Å². The Hall–Kier alpha value is -4.19. The van der Waals surface area contributed by atoms with Crippen molar-refractivity contribution in [3.05, 3.63) is 64.8 Å². The number of halogens is 4. The molecule has 0 spiro atoms. The van der Waals surface area contributed by atoms with Crippen LogP contribution in [-0.4, -0.2) is 52.2 Å². The van der Waals surface area contributed by atoms with Crippen LogP contribution in [0.25, 0.3) is 0 Å². The van der Waals surface area contributed by atoms with E-state index in [9.17, 15) is 22.8 Å². The lowest BCUT2D eigenvalue weighted by Gasteiger charge is -2.31. The number of alkyl halides is 3. The van der Waals surface area contributed by atoms with Crippen molar-refractivity contribution in [3.8, 4) is 0 Å². The maximum absolute atomic E-state index is 13.1. The topological polar surface area (TPSA) is 116 Å². The summed E-state index contributed by atoms with van der Waals surface area (Å²) in [6, 6.07) is 13.9. The second-order valence-electron chi connectivity index (χ2n) is 9.67. The molecule has 6 bridgehead atoms. The molecule has 3 heterocycles. The number of fused-ring (bicyclic) bond motifs is 6. The van der Waals surface area contributed by atoms with Gasteiger partial charge in [0.25, 0.3) is 0 Å². The minimum Gasteiger partial charge on any atom is -0.342 e. The summed E-state index contributed by atoms with van der Waals surface area (Å²) in [5.74, 6) is 0.691. The van der Waals surface area contributed by atoms with Gasteiger partial charge in [0.15, 0.2) is 5.82 Å². The smallest absolute Gasteiger partial charge is 0.342 e. The van der Waals surface area contributed by atoms with Gasteiger partial charge in [0.05, 0.1) is 12.1 Å². The molecule has 13 heteroatoms. The van der Waals surface area contributed by atoms with Gasteiger partial charge in [-0.1, -0.05) is 23.7 Å². The van der Waals surface area contributed by atoms with Gasteiger partial charge in [-0.15, -0.1) is 0 Å². The van der Waals surface area contributed by atoms with Gasteiger partial charge in [-0.05, 0) is 67.1 Å². The van der Waals surface area contributed by atoms with Crippen molar-refractivity contribution < 1.29 is 27.6 Å². The van der Waals surface area contributed by atoms with Crippen molar-refractivity contribution in [3.63, 3.8) is 0 Å². The molecule has 3 N–H and O–H groups in total. The fraction of sp³-hybridized carbons (Fsp3) is 0.321. The number of aldehydes is 1. The standard InChI is InChI=1S/C26H27ClN6O2.C2HF3O/c1-16(34)33-11-3-5-19(15-33)25(35)31-23-10-9-21-13-18(23)8-7-17-4-2-6-20(12-17)30-26-28-14-22(27)24(29-21)32-26;3-2(4,5)1-6/h2,4,6,9-10,12-14,19H,3,5,7-8,11,15H2,1H3,(H,31,35)(H2,28,29,30,32);1H. The number of rotatable bonds is 2. The zero-order valence-electron chi connectivity index (χ0n) is 22.1. The third-order valence-electron chi connectivity index (χ3n) is 6.61. The summed E-state index contributed by atoms with van der Waals surface area (Å²) in [5, 5.41) is 10.1. The van der Waals surface area contributed by atoms with E-state index in [1.807, 2.05) is 30.3 Å². The lowest BCUT2D eigenvalue weighted by molar-refractivity contribution is -0.156. The van der Waals surface area contributed by atoms with Gasteiger partial charge in [-0.2, -0.15) is 18.2 Å². The average Bonchev–Trinajstić information content (AvgIpc) is 2.95. The van der Waals surface area contributed by atoms with E-state index in [4.69, 9.17) is 16.4 Å². The van der Waals surface area contributed by atoms with Crippen molar-refractivity contribution in [2.24, 2.45) is 5.92 Å². The highest BCUT2D eigenvalue weighted by Crippen LogP contribution is 2.30. The molecular formula is C28H28ClF3N6O3. The van der Waals surface area contributed by atoms with Crippen molar-refractivity contribution in [1.29, 1.82) is 0 Å². The van der Waals surface area contributed by atoms with E-state index in [0.29, 0.717) is 29.9 Å². The van der Waals surface area contributed by atoms with Crippen LogP contribution in [0, 0.1) is 5.92 Å². The van der Waals surface area contributed by atoms with Crippen molar-refractivity contribution in [2.45, 2.75) is 38.8 Å². The number of carbonyl (C=O) groups is 3. The van der Waals surface area contributed by atoms with Crippen LogP contribution < -0.4 is 16.0 Å². The number of nitrogens with one attached hydrogen (secondary N) is 3. The molecule has 1 unspecified atom stereocenters. The van der Waals surface area contributed by atoms with Crippen LogP contribution in [0.1, 0.15) is 30.9 Å². The Morgan fingerprint density at radius 2 is 1.88 bits per heavy atom. The number of aryl methyl sites for hydroxylation is 2. The maximum Gasteiger partial charge on any atom is 0.446 e. The number of nitrogens with zero attached hydrogens (tertiary/aromatic N) is 3. The van der Waals surface area contributed by atoms with Crippen molar-refractivity contribution in [1.82, 2.24) is 14.9 Å². The third-order valence-corrected chi connectivity index (χ3v) is 6.88. The molecule has 0 aliphatic carbocycles. The Balaban J connectivity index is 0.000000585. The number of benzene rings is 2. The molecule has 5 rings (SSSR count). The molecule has 2 aromatic carbocycles. The molecule has 41 heavy (non-hydrogen) atoms. The zero-order valence-corrected chi connectivity index (χ0v) is 22.9. The Morgan fingerprint density at radius 3 is 2.61 bits per heavy atom. The predicted octanol–water partition coefficient (Wildman–Crippen LogP) is 5.66. The van der Waals surface area contributed by atoms with Crippen LogP contribution in [0.5, 0.6) is 0 Å². The fourth-order valence-corrected chi connectivity index (χ4v) is 4.71. The zero-order chi connectivity index (χ0) is 29.6. The average molecular weight is 589 g/mol. The molecule has 1 aromatic heterocycles. The van der Waals surface area contributed by atoms with Crippen LogP contribution >= 0.6 is 11.6 Å². The first-order valence-electron chi connectivity index (χ1n) is 12.9. The molecular weight excluding hydrogens is 561 g/mol. The second kappa shape index (κ2) is 13.0. The summed E-state index contributed by atoms with van der Waals surface area (Å²) >= 11 is 6.35. The van der Waals surface area contributed by atoms with Crippen molar-refractivity contribution in [2.75, 3.05) is 29.0 Å². The Morgan fingerprint density at radius 1 is 1.12 bits per heavy atom. The lowest BCUT2D eigenvalue weighted by Crippen LogP contribution is -2.42. The first-order valence-corrected chi connectivity index (χ1v) is 13.3. The van der Waals surface area contributed by atoms with Crippen molar-refractivity contribution >= 4 is 58.5 Å². The Bertz CT molecular complexity index is 1440. The lowest BCUT2D eigenvalue weighted by atomic mass is 9.96. The van der Waals surface area contributed by atoms with Gasteiger partial charge < -0.3 is 20.9 Å². The number of carbonyl (C=O) groups excluding carboxylic acids is 3. The fourth-order valence-electron chi connectivity index (χ4n) is 4.58. The van der Waals surface area contributed by atoms with E-state index >= 15 is 0 Å². The summed E-state index contributed by atoms with van der Waals surface area (Å²) < 4.78 is 31.2. The number of likely N-dealkylation sites (tertiary alicyclic amines) is 1. The highest BCUT2D eigenvalue weighted by molar-refractivity contribution is 6.32. The molecule has 1 atom stereocenters. The molecule has 2 aliphatic heterocycles. The number of hydrogen-bond acceptors (Lipinski definition) is 7. The number of piperidine rings is 1. The second-order valence-corrected chi connectivity index (χ2v) is 10.1. The molecule has 2 aliphatic rings. The molecule has 3 aromatic rings. The van der Waals surface area contributed by atoms with E-state index in [0.717, 1.165) is 53.9 Å². The van der Waals surface area contributed by atoms with Crippen LogP contribution in [-0.2, 0) is 27.2 Å². The van der Waals surface area contributed by atoms with Gasteiger partial charge in [-0.25, -0.2) is 4.98 Å². The summed E-state index contributed by atoms with van der Waals surface area (Å²) in [5.41, 5.74) is 4.65. The minimum atomic E-state index is -4.64. The number of anilines is 5. The van der Waals surface area contributed by atoms with Gasteiger partial charge in [0, 0.05) is 37.1 Å². The Labute approximate surface area is 239 Å². The molecule has 9 nitrogen and oxygen atoms in total. The summed E-state index contributed by atoms with van der Waals surface area (Å²) in [4.78, 5) is 44.2. The first kappa shape index (κ1) is 29.8. The van der Waals surface area contributed by atoms with E-state index in [1.54, 1.807) is 18.0 Å². The summed E-state index contributed by atoms with van der Waals surface area (Å²) in [6.45, 7) is 2.73. The first-order chi connectivity index (χ1) is 19.5. The molecule has 216 valence electrons. The van der Waals surface area contributed by atoms with Gasteiger partial charge in [0.1, 0.15) is 5.02 Å². The van der Waals surface area contributed by atoms with Crippen LogP contribution in [0.4, 0.5) is 42.0 Å². The Kier molecular flexibility index (Phi) is 9.43. The SMILES string of the molecule is CC(=O)N1CCCC(C(=O)Nc2ccc3cc2CCc2cccc(c2)Nc2ncc(Cl)c(n2)N3)C1.O=CC(F)(F)F. The molecule has 0 radical (unpaired) electrons. The number of hydrogen-bond donors (Lipinski definition) is 3. The maximum atomic E-state index is 13.1. The number of amides is 2. The molecule has 0 saturated carbocycles. The highest BCUT2D eigenvalue weighted by Gasteiger charge is 2.27. The van der Waals surface area contributed by atoms with E-state index in [1.165, 1.54) is 0 Å². The highest BCUT2D eigenvalue weighted by atomic mass is 35.5. The predicted molar refractivity (Wildman–Crippen MR) is 150 cm³/mol. The summed E-state index contributed by atoms with van der Waals surface area (Å²) in [7, 11) is 0. The molecule has 2 amide bonds.